The molecule has 0 radical (unpaired) electrons. The van der Waals surface area contributed by atoms with Gasteiger partial charge in [-0.1, -0.05) is 11.6 Å². The lowest BCUT2D eigenvalue weighted by Gasteiger charge is -2.25. The summed E-state index contributed by atoms with van der Waals surface area (Å²) >= 11 is 5.88. The summed E-state index contributed by atoms with van der Waals surface area (Å²) < 4.78 is 5.33. The van der Waals surface area contributed by atoms with E-state index in [0.717, 1.165) is 10.5 Å². The molecule has 0 bridgehead atoms. The van der Waals surface area contributed by atoms with E-state index in [9.17, 15) is 14.4 Å². The number of hydrogen-bond acceptors (Lipinski definition) is 4. The number of amides is 3. The number of benzene rings is 1. The molecule has 0 aliphatic carbocycles. The van der Waals surface area contributed by atoms with Crippen molar-refractivity contribution in [3.63, 3.8) is 0 Å². The number of halogens is 1. The van der Waals surface area contributed by atoms with Crippen LogP contribution >= 0.6 is 11.6 Å². The number of piperazine rings is 1. The second kappa shape index (κ2) is 5.92. The van der Waals surface area contributed by atoms with Gasteiger partial charge in [-0.05, 0) is 30.7 Å². The molecule has 106 valence electrons. The average Bonchev–Trinajstić information content (AvgIpc) is 2.38. The summed E-state index contributed by atoms with van der Waals surface area (Å²) in [4.78, 5) is 35.3. The molecule has 0 spiro atoms. The summed E-state index contributed by atoms with van der Waals surface area (Å²) in [5.41, 5.74) is 0.837. The van der Waals surface area contributed by atoms with Gasteiger partial charge in [0.2, 0.25) is 11.8 Å². The lowest BCUT2D eigenvalue weighted by atomic mass is 10.2. The first-order valence-electron chi connectivity index (χ1n) is 5.95. The Labute approximate surface area is 120 Å². The number of ether oxygens (including phenoxy) is 1. The van der Waals surface area contributed by atoms with Crippen LogP contribution in [0.3, 0.4) is 0 Å². The summed E-state index contributed by atoms with van der Waals surface area (Å²) in [6.07, 6.45) is 0. The molecular weight excluding hydrogens is 284 g/mol. The third-order valence-corrected chi connectivity index (χ3v) is 3.22. The number of nitrogens with one attached hydrogen (secondary N) is 1. The van der Waals surface area contributed by atoms with E-state index in [4.69, 9.17) is 16.3 Å². The van der Waals surface area contributed by atoms with Crippen molar-refractivity contribution in [3.8, 4) is 5.75 Å². The van der Waals surface area contributed by atoms with Crippen molar-refractivity contribution in [1.29, 1.82) is 0 Å². The van der Waals surface area contributed by atoms with Gasteiger partial charge in [0.05, 0.1) is 0 Å². The first-order chi connectivity index (χ1) is 9.45. The van der Waals surface area contributed by atoms with E-state index in [1.54, 1.807) is 18.2 Å². The van der Waals surface area contributed by atoms with Crippen LogP contribution in [0.4, 0.5) is 0 Å². The van der Waals surface area contributed by atoms with Crippen molar-refractivity contribution < 1.29 is 19.1 Å². The van der Waals surface area contributed by atoms with Crippen molar-refractivity contribution in [2.45, 2.75) is 6.92 Å². The maximum Gasteiger partial charge on any atom is 0.261 e. The molecule has 1 aliphatic rings. The normalized spacial score (nSPS) is 15.0. The van der Waals surface area contributed by atoms with E-state index in [1.165, 1.54) is 0 Å². The van der Waals surface area contributed by atoms with Crippen molar-refractivity contribution >= 4 is 29.3 Å². The summed E-state index contributed by atoms with van der Waals surface area (Å²) in [5, 5.41) is 2.74. The number of carbonyl (C=O) groups is 3. The number of carbonyl (C=O) groups excluding carboxylic acids is 3. The van der Waals surface area contributed by atoms with Gasteiger partial charge in [-0.3, -0.25) is 19.7 Å². The smallest absolute Gasteiger partial charge is 0.261 e. The summed E-state index contributed by atoms with van der Waals surface area (Å²) in [6.45, 7) is 1.33. The first kappa shape index (κ1) is 14.3. The molecule has 1 saturated heterocycles. The Morgan fingerprint density at radius 2 is 2.00 bits per heavy atom. The highest BCUT2D eigenvalue weighted by Gasteiger charge is 2.26. The molecule has 7 heteroatoms. The van der Waals surface area contributed by atoms with E-state index in [2.05, 4.69) is 5.32 Å². The van der Waals surface area contributed by atoms with Gasteiger partial charge in [0, 0.05) is 5.02 Å². The van der Waals surface area contributed by atoms with Crippen molar-refractivity contribution in [2.75, 3.05) is 19.7 Å². The molecule has 2 rings (SSSR count). The fourth-order valence-corrected chi connectivity index (χ4v) is 1.87. The van der Waals surface area contributed by atoms with E-state index < -0.39 is 17.7 Å². The molecule has 1 aliphatic heterocycles. The molecular formula is C13H13ClN2O4. The third-order valence-electron chi connectivity index (χ3n) is 2.79. The van der Waals surface area contributed by atoms with E-state index in [1.807, 2.05) is 6.92 Å². The third kappa shape index (κ3) is 3.48. The topological polar surface area (TPSA) is 75.7 Å². The van der Waals surface area contributed by atoms with Crippen LogP contribution in [0.25, 0.3) is 0 Å². The van der Waals surface area contributed by atoms with Crippen molar-refractivity contribution in [2.24, 2.45) is 0 Å². The molecule has 1 N–H and O–H groups in total. The molecule has 1 fully saturated rings. The minimum Gasteiger partial charge on any atom is -0.484 e. The predicted molar refractivity (Wildman–Crippen MR) is 71.4 cm³/mol. The minimum absolute atomic E-state index is 0.131. The fourth-order valence-electron chi connectivity index (χ4n) is 1.76. The molecule has 1 heterocycles. The zero-order valence-corrected chi connectivity index (χ0v) is 11.6. The monoisotopic (exact) mass is 296 g/mol. The Bertz CT molecular complexity index is 557. The molecule has 0 unspecified atom stereocenters. The zero-order valence-electron chi connectivity index (χ0n) is 10.8. The highest BCUT2D eigenvalue weighted by molar-refractivity contribution is 6.31. The van der Waals surface area contributed by atoms with Gasteiger partial charge < -0.3 is 9.64 Å². The van der Waals surface area contributed by atoms with Crippen LogP contribution in [0, 0.1) is 6.92 Å². The van der Waals surface area contributed by atoms with Crippen molar-refractivity contribution in [3.05, 3.63) is 28.8 Å². The van der Waals surface area contributed by atoms with Gasteiger partial charge in [0.15, 0.2) is 6.61 Å². The molecule has 20 heavy (non-hydrogen) atoms. The predicted octanol–water partition coefficient (Wildman–Crippen LogP) is 0.512. The summed E-state index contributed by atoms with van der Waals surface area (Å²) in [5.74, 6) is -0.886. The maximum atomic E-state index is 11.9. The lowest BCUT2D eigenvalue weighted by molar-refractivity contribution is -0.146. The zero-order chi connectivity index (χ0) is 14.7. The van der Waals surface area contributed by atoms with Gasteiger partial charge >= 0.3 is 0 Å². The van der Waals surface area contributed by atoms with Crippen LogP contribution in [0.2, 0.25) is 5.02 Å². The fraction of sp³-hybridized carbons (Fsp3) is 0.308. The number of aryl methyl sites for hydroxylation is 1. The standard InChI is InChI=1S/C13H13ClN2O4/c1-8-4-9(2-3-10(8)14)20-7-13(19)16-5-11(17)15-12(18)6-16/h2-4H,5-7H2,1H3,(H,15,17,18). The second-order valence-corrected chi connectivity index (χ2v) is 4.83. The second-order valence-electron chi connectivity index (χ2n) is 4.42. The number of nitrogens with zero attached hydrogens (tertiary/aromatic N) is 1. The van der Waals surface area contributed by atoms with Crippen LogP contribution in [0.5, 0.6) is 5.75 Å². The molecule has 0 saturated carbocycles. The van der Waals surface area contributed by atoms with Crippen LogP contribution in [0.15, 0.2) is 18.2 Å². The number of hydrogen-bond donors (Lipinski definition) is 1. The van der Waals surface area contributed by atoms with Crippen LogP contribution in [-0.4, -0.2) is 42.3 Å². The van der Waals surface area contributed by atoms with Gasteiger partial charge in [-0.2, -0.15) is 0 Å². The molecule has 0 aromatic heterocycles. The Kier molecular flexibility index (Phi) is 4.24. The number of rotatable bonds is 3. The van der Waals surface area contributed by atoms with Gasteiger partial charge in [-0.25, -0.2) is 0 Å². The average molecular weight is 297 g/mol. The van der Waals surface area contributed by atoms with E-state index in [-0.39, 0.29) is 19.7 Å². The highest BCUT2D eigenvalue weighted by Crippen LogP contribution is 2.21. The lowest BCUT2D eigenvalue weighted by Crippen LogP contribution is -2.54. The summed E-state index contributed by atoms with van der Waals surface area (Å²) in [7, 11) is 0. The molecule has 3 amide bonds. The maximum absolute atomic E-state index is 11.9. The molecule has 1 aromatic rings. The summed E-state index contributed by atoms with van der Waals surface area (Å²) in [6, 6.07) is 5.04. The van der Waals surface area contributed by atoms with Gasteiger partial charge in [-0.15, -0.1) is 0 Å². The van der Waals surface area contributed by atoms with E-state index in [0.29, 0.717) is 10.8 Å². The van der Waals surface area contributed by atoms with Crippen molar-refractivity contribution in [1.82, 2.24) is 10.2 Å². The largest absolute Gasteiger partial charge is 0.484 e. The van der Waals surface area contributed by atoms with Gasteiger partial charge in [0.25, 0.3) is 5.91 Å². The quantitative estimate of drug-likeness (QED) is 0.825. The Balaban J connectivity index is 1.93. The molecule has 0 atom stereocenters. The Morgan fingerprint density at radius 1 is 1.35 bits per heavy atom. The van der Waals surface area contributed by atoms with Crippen LogP contribution in [0.1, 0.15) is 5.56 Å². The van der Waals surface area contributed by atoms with Crippen LogP contribution in [-0.2, 0) is 14.4 Å². The number of imide groups is 1. The van der Waals surface area contributed by atoms with E-state index >= 15 is 0 Å². The highest BCUT2D eigenvalue weighted by atomic mass is 35.5. The molecule has 6 nitrogen and oxygen atoms in total. The van der Waals surface area contributed by atoms with Gasteiger partial charge in [0.1, 0.15) is 18.8 Å². The Morgan fingerprint density at radius 3 is 2.60 bits per heavy atom. The molecule has 1 aromatic carbocycles. The minimum atomic E-state index is -0.489. The Hall–Kier alpha value is -2.08. The van der Waals surface area contributed by atoms with Crippen LogP contribution < -0.4 is 10.1 Å². The SMILES string of the molecule is Cc1cc(OCC(=O)N2CC(=O)NC(=O)C2)ccc1Cl. The first-order valence-corrected chi connectivity index (χ1v) is 6.33.